The Hall–Kier alpha value is -0.170. The molecule has 0 radical (unpaired) electrons. The summed E-state index contributed by atoms with van der Waals surface area (Å²) in [5.41, 5.74) is 5.19. The van der Waals surface area contributed by atoms with Crippen LogP contribution in [0.3, 0.4) is 0 Å². The lowest BCUT2D eigenvalue weighted by Gasteiger charge is -2.18. The Morgan fingerprint density at radius 2 is 2.00 bits per heavy atom. The van der Waals surface area contributed by atoms with Gasteiger partial charge in [-0.2, -0.15) is 8.42 Å². The Morgan fingerprint density at radius 1 is 1.43 bits per heavy atom. The van der Waals surface area contributed by atoms with Gasteiger partial charge in [0.05, 0.1) is 12.4 Å². The van der Waals surface area contributed by atoms with Gasteiger partial charge in [0.25, 0.3) is 10.1 Å². The van der Waals surface area contributed by atoms with Crippen molar-refractivity contribution in [3.05, 3.63) is 0 Å². The first-order chi connectivity index (χ1) is 6.43. The van der Waals surface area contributed by atoms with E-state index in [4.69, 9.17) is 15.0 Å². The Morgan fingerprint density at radius 3 is 2.36 bits per heavy atom. The topological polar surface area (TPSA) is 89.6 Å². The Kier molecular flexibility index (Phi) is 6.26. The predicted molar refractivity (Wildman–Crippen MR) is 54.3 cm³/mol. The third kappa shape index (κ3) is 5.54. The van der Waals surface area contributed by atoms with Gasteiger partial charge in [-0.25, -0.2) is 0 Å². The van der Waals surface area contributed by atoms with Crippen LogP contribution in [0.25, 0.3) is 0 Å². The molecule has 5 nitrogen and oxygen atoms in total. The second-order valence-corrected chi connectivity index (χ2v) is 5.18. The van der Waals surface area contributed by atoms with Crippen LogP contribution in [0, 0.1) is 5.92 Å². The minimum Gasteiger partial charge on any atom is -0.394 e. The van der Waals surface area contributed by atoms with Gasteiger partial charge in [0, 0.05) is 0 Å². The van der Waals surface area contributed by atoms with Crippen LogP contribution in [-0.2, 0) is 14.3 Å². The highest BCUT2D eigenvalue weighted by molar-refractivity contribution is 7.86. The van der Waals surface area contributed by atoms with Crippen LogP contribution in [-0.4, -0.2) is 38.5 Å². The Labute approximate surface area is 85.4 Å². The zero-order chi connectivity index (χ0) is 11.2. The second-order valence-electron chi connectivity index (χ2n) is 3.47. The molecule has 0 rings (SSSR count). The van der Waals surface area contributed by atoms with Gasteiger partial charge in [0.15, 0.2) is 0 Å². The smallest absolute Gasteiger partial charge is 0.267 e. The van der Waals surface area contributed by atoms with Gasteiger partial charge in [-0.05, 0) is 18.9 Å². The molecule has 0 aromatic rings. The molecule has 0 aliphatic carbocycles. The largest absolute Gasteiger partial charge is 0.394 e. The number of aliphatic hydroxyl groups excluding tert-OH is 1. The molecule has 0 saturated heterocycles. The van der Waals surface area contributed by atoms with E-state index in [0.29, 0.717) is 13.0 Å². The molecule has 14 heavy (non-hydrogen) atoms. The van der Waals surface area contributed by atoms with Gasteiger partial charge in [0.1, 0.15) is 6.10 Å². The fraction of sp³-hybridized carbons (Fsp3) is 1.00. The molecule has 0 amide bonds. The molecular weight excluding hydrogens is 206 g/mol. The summed E-state index contributed by atoms with van der Waals surface area (Å²) in [4.78, 5) is 0. The first-order valence-electron chi connectivity index (χ1n) is 4.65. The summed E-state index contributed by atoms with van der Waals surface area (Å²) in [7, 11) is -3.54. The number of hydrogen-bond acceptors (Lipinski definition) is 5. The van der Waals surface area contributed by atoms with Crippen LogP contribution in [0.1, 0.15) is 20.3 Å². The zero-order valence-corrected chi connectivity index (χ0v) is 9.46. The van der Waals surface area contributed by atoms with Crippen molar-refractivity contribution in [3.63, 3.8) is 0 Å². The van der Waals surface area contributed by atoms with Crippen molar-refractivity contribution in [2.75, 3.05) is 18.9 Å². The molecule has 0 aromatic heterocycles. The molecule has 0 fully saturated rings. The maximum atomic E-state index is 11.3. The van der Waals surface area contributed by atoms with Crippen molar-refractivity contribution in [3.8, 4) is 0 Å². The van der Waals surface area contributed by atoms with Gasteiger partial charge in [-0.3, -0.25) is 4.18 Å². The molecule has 0 aromatic carbocycles. The average Bonchev–Trinajstić information content (AvgIpc) is 2.10. The van der Waals surface area contributed by atoms with Gasteiger partial charge in [0.2, 0.25) is 0 Å². The van der Waals surface area contributed by atoms with Gasteiger partial charge < -0.3 is 10.8 Å². The lowest BCUT2D eigenvalue weighted by molar-refractivity contribution is 0.0855. The van der Waals surface area contributed by atoms with Crippen LogP contribution in [0.2, 0.25) is 0 Å². The van der Waals surface area contributed by atoms with Gasteiger partial charge in [-0.1, -0.05) is 13.8 Å². The summed E-state index contributed by atoms with van der Waals surface area (Å²) in [6.07, 6.45) is -0.281. The maximum Gasteiger partial charge on any atom is 0.267 e. The van der Waals surface area contributed by atoms with E-state index >= 15 is 0 Å². The highest BCUT2D eigenvalue weighted by Gasteiger charge is 2.21. The fourth-order valence-corrected chi connectivity index (χ4v) is 2.13. The molecule has 0 aliphatic heterocycles. The van der Waals surface area contributed by atoms with E-state index in [1.165, 1.54) is 0 Å². The van der Waals surface area contributed by atoms with Crippen LogP contribution in [0.15, 0.2) is 0 Å². The standard InChI is InChI=1S/C8H19NO4S/c1-7(2)8(6-10)13-14(11,12)5-3-4-9/h7-8,10H,3-6,9H2,1-2H3/t8-/m1/s1. The van der Waals surface area contributed by atoms with Crippen molar-refractivity contribution in [1.82, 2.24) is 0 Å². The van der Waals surface area contributed by atoms with Gasteiger partial charge >= 0.3 is 0 Å². The van der Waals surface area contributed by atoms with Crippen molar-refractivity contribution < 1.29 is 17.7 Å². The zero-order valence-electron chi connectivity index (χ0n) is 8.64. The van der Waals surface area contributed by atoms with Crippen molar-refractivity contribution in [2.45, 2.75) is 26.4 Å². The summed E-state index contributed by atoms with van der Waals surface area (Å²) in [5, 5.41) is 8.87. The molecular formula is C8H19NO4S. The van der Waals surface area contributed by atoms with Crippen molar-refractivity contribution in [2.24, 2.45) is 11.7 Å². The van der Waals surface area contributed by atoms with Crippen LogP contribution >= 0.6 is 0 Å². The summed E-state index contributed by atoms with van der Waals surface area (Å²) in [6, 6.07) is 0. The highest BCUT2D eigenvalue weighted by atomic mass is 32.2. The third-order valence-electron chi connectivity index (χ3n) is 1.79. The first-order valence-corrected chi connectivity index (χ1v) is 6.22. The second kappa shape index (κ2) is 6.34. The minimum atomic E-state index is -3.54. The van der Waals surface area contributed by atoms with Gasteiger partial charge in [-0.15, -0.1) is 0 Å². The van der Waals surface area contributed by atoms with Crippen molar-refractivity contribution in [1.29, 1.82) is 0 Å². The lowest BCUT2D eigenvalue weighted by Crippen LogP contribution is -2.29. The lowest BCUT2D eigenvalue weighted by atomic mass is 10.1. The Balaban J connectivity index is 4.18. The van der Waals surface area contributed by atoms with E-state index in [1.54, 1.807) is 13.8 Å². The molecule has 0 unspecified atom stereocenters. The normalized spacial score (nSPS) is 14.6. The van der Waals surface area contributed by atoms with Crippen LogP contribution < -0.4 is 5.73 Å². The number of rotatable bonds is 7. The van der Waals surface area contributed by atoms with Crippen molar-refractivity contribution >= 4 is 10.1 Å². The molecule has 0 heterocycles. The fourth-order valence-electron chi connectivity index (χ4n) is 0.849. The number of nitrogens with two attached hydrogens (primary N) is 1. The maximum absolute atomic E-state index is 11.3. The highest BCUT2D eigenvalue weighted by Crippen LogP contribution is 2.10. The van der Waals surface area contributed by atoms with E-state index in [-0.39, 0.29) is 18.3 Å². The molecule has 6 heteroatoms. The predicted octanol–water partition coefficient (Wildman–Crippen LogP) is -0.301. The summed E-state index contributed by atoms with van der Waals surface area (Å²) in [5.74, 6) is -0.125. The van der Waals surface area contributed by atoms with E-state index in [0.717, 1.165) is 0 Å². The minimum absolute atomic E-state index is 0.0346. The van der Waals surface area contributed by atoms with Crippen LogP contribution in [0.5, 0.6) is 0 Å². The van der Waals surface area contributed by atoms with E-state index in [2.05, 4.69) is 0 Å². The molecule has 3 N–H and O–H groups in total. The molecule has 0 spiro atoms. The average molecular weight is 225 g/mol. The third-order valence-corrected chi connectivity index (χ3v) is 3.12. The summed E-state index contributed by atoms with van der Waals surface area (Å²) in [6.45, 7) is 3.60. The van der Waals surface area contributed by atoms with E-state index in [9.17, 15) is 8.42 Å². The van der Waals surface area contributed by atoms with Crippen LogP contribution in [0.4, 0.5) is 0 Å². The Bertz CT molecular complexity index is 238. The van der Waals surface area contributed by atoms with E-state index < -0.39 is 16.2 Å². The number of aliphatic hydroxyl groups is 1. The monoisotopic (exact) mass is 225 g/mol. The quantitative estimate of drug-likeness (QED) is 0.580. The first kappa shape index (κ1) is 13.8. The molecule has 1 atom stereocenters. The number of hydrogen-bond donors (Lipinski definition) is 2. The van der Waals surface area contributed by atoms with E-state index in [1.807, 2.05) is 0 Å². The SMILES string of the molecule is CC(C)[C@@H](CO)OS(=O)(=O)CCCN. The molecule has 0 bridgehead atoms. The molecule has 86 valence electrons. The summed E-state index contributed by atoms with van der Waals surface area (Å²) < 4.78 is 27.4. The molecule has 0 saturated carbocycles. The summed E-state index contributed by atoms with van der Waals surface area (Å²) >= 11 is 0. The molecule has 0 aliphatic rings.